The number of aromatic nitrogens is 5. The number of nitrogens with zero attached hydrogens (tertiary/aromatic N) is 3. The van der Waals surface area contributed by atoms with E-state index in [9.17, 15) is 18.4 Å². The van der Waals surface area contributed by atoms with Crippen molar-refractivity contribution < 1.29 is 13.5 Å². The van der Waals surface area contributed by atoms with E-state index in [0.29, 0.717) is 37.2 Å². The van der Waals surface area contributed by atoms with Gasteiger partial charge in [0.25, 0.3) is 12.0 Å². The number of pyridine rings is 1. The lowest BCUT2D eigenvalue weighted by Crippen LogP contribution is -2.27. The van der Waals surface area contributed by atoms with E-state index in [1.54, 1.807) is 4.57 Å². The molecule has 9 nitrogen and oxygen atoms in total. The van der Waals surface area contributed by atoms with Gasteiger partial charge in [0.2, 0.25) is 5.95 Å². The molecule has 4 heterocycles. The van der Waals surface area contributed by atoms with Gasteiger partial charge in [0.15, 0.2) is 5.65 Å². The monoisotopic (exact) mass is 378 g/mol. The summed E-state index contributed by atoms with van der Waals surface area (Å²) in [4.78, 5) is 37.5. The number of hydrogen-bond acceptors (Lipinski definition) is 6. The van der Waals surface area contributed by atoms with Crippen molar-refractivity contribution in [2.75, 3.05) is 18.5 Å². The Kier molecular flexibility index (Phi) is 4.44. The average molecular weight is 378 g/mol. The molecule has 4 rings (SSSR count). The molecule has 0 bridgehead atoms. The van der Waals surface area contributed by atoms with E-state index in [2.05, 4.69) is 25.3 Å². The second-order valence-electron chi connectivity index (χ2n) is 6.18. The molecule has 142 valence electrons. The van der Waals surface area contributed by atoms with Crippen LogP contribution in [0.4, 0.5) is 20.4 Å². The van der Waals surface area contributed by atoms with Gasteiger partial charge in [0.05, 0.1) is 6.20 Å². The number of nitrogens with one attached hydrogen (secondary N) is 3. The highest BCUT2D eigenvalue weighted by Crippen LogP contribution is 2.24. The van der Waals surface area contributed by atoms with Crippen LogP contribution in [0.5, 0.6) is 0 Å². The number of alkyl halides is 2. The number of rotatable bonds is 4. The van der Waals surface area contributed by atoms with Crippen molar-refractivity contribution in [3.05, 3.63) is 44.9 Å². The summed E-state index contributed by atoms with van der Waals surface area (Å²) in [5.41, 5.74) is -0.500. The smallest absolute Gasteiger partial charge is 0.327 e. The van der Waals surface area contributed by atoms with E-state index in [-0.39, 0.29) is 28.9 Å². The van der Waals surface area contributed by atoms with Gasteiger partial charge in [0, 0.05) is 31.0 Å². The van der Waals surface area contributed by atoms with E-state index in [4.69, 9.17) is 4.74 Å². The Bertz CT molecular complexity index is 1080. The van der Waals surface area contributed by atoms with E-state index in [1.165, 1.54) is 6.20 Å². The largest absolute Gasteiger partial charge is 0.381 e. The minimum absolute atomic E-state index is 0.0271. The SMILES string of the molecule is O=c1[nH]cc(C(F)F)cc1Nc1ncc2[nH]c(=O)n(C3CCOCC3)c2n1. The number of ether oxygens (including phenoxy) is 1. The Hall–Kier alpha value is -3.08. The van der Waals surface area contributed by atoms with Gasteiger partial charge in [-0.25, -0.2) is 18.6 Å². The van der Waals surface area contributed by atoms with Crippen LogP contribution in [0.3, 0.4) is 0 Å². The lowest BCUT2D eigenvalue weighted by molar-refractivity contribution is 0.0697. The molecular weight excluding hydrogens is 362 g/mol. The summed E-state index contributed by atoms with van der Waals surface area (Å²) in [6.45, 7) is 1.10. The molecule has 11 heteroatoms. The first-order valence-electron chi connectivity index (χ1n) is 8.36. The van der Waals surface area contributed by atoms with Gasteiger partial charge in [-0.05, 0) is 18.9 Å². The molecule has 1 fully saturated rings. The standard InChI is InChI=1S/C16H16F2N6O3/c17-12(18)8-5-10(14(25)19-6-8)21-15-20-7-11-13(23-15)24(16(26)22-11)9-1-3-27-4-2-9/h5-7,9,12H,1-4H2,(H,19,25)(H,22,26)(H,20,21,23). The first kappa shape index (κ1) is 17.3. The molecular formula is C16H16F2N6O3. The number of imidazole rings is 1. The van der Waals surface area contributed by atoms with Crippen molar-refractivity contribution in [1.82, 2.24) is 24.5 Å². The Labute approximate surface area is 150 Å². The summed E-state index contributed by atoms with van der Waals surface area (Å²) in [5, 5.41) is 2.65. The second kappa shape index (κ2) is 6.91. The minimum atomic E-state index is -2.73. The number of aromatic amines is 2. The van der Waals surface area contributed by atoms with Crippen LogP contribution >= 0.6 is 0 Å². The highest BCUT2D eigenvalue weighted by molar-refractivity contribution is 5.72. The zero-order valence-corrected chi connectivity index (χ0v) is 14.0. The zero-order valence-electron chi connectivity index (χ0n) is 14.0. The first-order valence-corrected chi connectivity index (χ1v) is 8.36. The van der Waals surface area contributed by atoms with Gasteiger partial charge in [-0.1, -0.05) is 0 Å². The van der Waals surface area contributed by atoms with Crippen LogP contribution in [0.2, 0.25) is 0 Å². The number of anilines is 2. The van der Waals surface area contributed by atoms with Crippen LogP contribution in [0.15, 0.2) is 28.0 Å². The summed E-state index contributed by atoms with van der Waals surface area (Å²) >= 11 is 0. The van der Waals surface area contributed by atoms with E-state index >= 15 is 0 Å². The Morgan fingerprint density at radius 3 is 2.81 bits per heavy atom. The molecule has 1 saturated heterocycles. The predicted molar refractivity (Wildman–Crippen MR) is 92.5 cm³/mol. The van der Waals surface area contributed by atoms with Gasteiger partial charge in [-0.15, -0.1) is 0 Å². The molecule has 0 radical (unpaired) electrons. The normalized spacial score (nSPS) is 15.5. The molecule has 27 heavy (non-hydrogen) atoms. The average Bonchev–Trinajstić information content (AvgIpc) is 2.99. The highest BCUT2D eigenvalue weighted by atomic mass is 19.3. The van der Waals surface area contributed by atoms with E-state index < -0.39 is 12.0 Å². The highest BCUT2D eigenvalue weighted by Gasteiger charge is 2.21. The maximum absolute atomic E-state index is 12.9. The van der Waals surface area contributed by atoms with Crippen molar-refractivity contribution in [3.8, 4) is 0 Å². The maximum Gasteiger partial charge on any atom is 0.327 e. The van der Waals surface area contributed by atoms with Crippen molar-refractivity contribution in [1.29, 1.82) is 0 Å². The quantitative estimate of drug-likeness (QED) is 0.638. The summed E-state index contributed by atoms with van der Waals surface area (Å²) in [7, 11) is 0. The minimum Gasteiger partial charge on any atom is -0.381 e. The van der Waals surface area contributed by atoms with Gasteiger partial charge in [0.1, 0.15) is 11.2 Å². The Morgan fingerprint density at radius 1 is 1.30 bits per heavy atom. The summed E-state index contributed by atoms with van der Waals surface area (Å²) in [6.07, 6.45) is 0.990. The molecule has 1 aliphatic heterocycles. The molecule has 0 saturated carbocycles. The van der Waals surface area contributed by atoms with E-state index in [0.717, 1.165) is 12.3 Å². The predicted octanol–water partition coefficient (Wildman–Crippen LogP) is 1.84. The van der Waals surface area contributed by atoms with Crippen LogP contribution in [-0.2, 0) is 4.74 Å². The van der Waals surface area contributed by atoms with Crippen molar-refractivity contribution in [3.63, 3.8) is 0 Å². The Morgan fingerprint density at radius 2 is 2.07 bits per heavy atom. The van der Waals surface area contributed by atoms with Crippen LogP contribution in [-0.4, -0.2) is 37.7 Å². The van der Waals surface area contributed by atoms with Crippen LogP contribution in [0, 0.1) is 0 Å². The summed E-state index contributed by atoms with van der Waals surface area (Å²) < 4.78 is 32.6. The molecule has 0 atom stereocenters. The van der Waals surface area contributed by atoms with Gasteiger partial charge >= 0.3 is 5.69 Å². The Balaban J connectivity index is 1.72. The molecule has 0 aromatic carbocycles. The van der Waals surface area contributed by atoms with Gasteiger partial charge in [-0.3, -0.25) is 9.36 Å². The summed E-state index contributed by atoms with van der Waals surface area (Å²) in [6, 6.07) is 0.980. The third kappa shape index (κ3) is 3.33. The third-order valence-corrected chi connectivity index (χ3v) is 4.44. The molecule has 0 amide bonds. The lowest BCUT2D eigenvalue weighted by Gasteiger charge is -2.22. The summed E-state index contributed by atoms with van der Waals surface area (Å²) in [5.74, 6) is 0.0271. The number of H-pyrrole nitrogens is 2. The zero-order chi connectivity index (χ0) is 19.0. The van der Waals surface area contributed by atoms with Crippen LogP contribution < -0.4 is 16.6 Å². The number of hydrogen-bond donors (Lipinski definition) is 3. The molecule has 1 aliphatic rings. The van der Waals surface area contributed by atoms with Gasteiger partial charge in [-0.2, -0.15) is 4.98 Å². The molecule has 3 aromatic heterocycles. The van der Waals surface area contributed by atoms with Crippen LogP contribution in [0.1, 0.15) is 30.9 Å². The maximum atomic E-state index is 12.9. The van der Waals surface area contributed by atoms with Gasteiger partial charge < -0.3 is 20.0 Å². The second-order valence-corrected chi connectivity index (χ2v) is 6.18. The van der Waals surface area contributed by atoms with Crippen LogP contribution in [0.25, 0.3) is 11.2 Å². The fraction of sp³-hybridized carbons (Fsp3) is 0.375. The molecule has 0 unspecified atom stereocenters. The molecule has 3 aromatic rings. The molecule has 3 N–H and O–H groups in total. The number of halogens is 2. The third-order valence-electron chi connectivity index (χ3n) is 4.44. The van der Waals surface area contributed by atoms with Crippen molar-refractivity contribution >= 4 is 22.8 Å². The molecule has 0 aliphatic carbocycles. The number of fused-ring (bicyclic) bond motifs is 1. The van der Waals surface area contributed by atoms with Crippen molar-refractivity contribution in [2.45, 2.75) is 25.3 Å². The molecule has 0 spiro atoms. The van der Waals surface area contributed by atoms with Crippen molar-refractivity contribution in [2.24, 2.45) is 0 Å². The fourth-order valence-corrected chi connectivity index (χ4v) is 3.10. The first-order chi connectivity index (χ1) is 13.0. The fourth-order valence-electron chi connectivity index (χ4n) is 3.10. The lowest BCUT2D eigenvalue weighted by atomic mass is 10.1. The van der Waals surface area contributed by atoms with E-state index in [1.807, 2.05) is 0 Å². The topological polar surface area (TPSA) is 118 Å².